The molecule has 6 heteroatoms. The Morgan fingerprint density at radius 1 is 0.508 bits per heavy atom. The second kappa shape index (κ2) is 47.8. The van der Waals surface area contributed by atoms with E-state index in [1.807, 2.05) is 0 Å². The molecule has 0 aliphatic rings. The smallest absolute Gasteiger partial charge is 0.306 e. The highest BCUT2D eigenvalue weighted by Gasteiger charge is 2.24. The molecule has 0 aliphatic carbocycles. The van der Waals surface area contributed by atoms with E-state index in [9.17, 15) is 19.8 Å². The van der Waals surface area contributed by atoms with Gasteiger partial charge in [-0.1, -0.05) is 214 Å². The first-order valence-corrected chi connectivity index (χ1v) is 25.0. The van der Waals surface area contributed by atoms with Gasteiger partial charge in [-0.2, -0.15) is 0 Å². The van der Waals surface area contributed by atoms with Crippen LogP contribution in [0.5, 0.6) is 0 Å². The van der Waals surface area contributed by atoms with Crippen LogP contribution in [-0.2, 0) is 14.3 Å². The Bertz CT molecular complexity index is 1220. The van der Waals surface area contributed by atoms with Gasteiger partial charge in [-0.3, -0.25) is 9.59 Å². The average Bonchev–Trinajstić information content (AvgIpc) is 3.25. The Kier molecular flexibility index (Phi) is 45.3. The molecule has 0 aliphatic heterocycles. The molecule has 0 saturated heterocycles. The Morgan fingerprint density at radius 3 is 1.54 bits per heavy atom. The summed E-state index contributed by atoms with van der Waals surface area (Å²) in [5, 5.41) is 23.7. The van der Waals surface area contributed by atoms with E-state index in [-0.39, 0.29) is 24.9 Å². The predicted molar refractivity (Wildman–Crippen MR) is 264 cm³/mol. The first kappa shape index (κ1) is 57.8. The van der Waals surface area contributed by atoms with E-state index in [2.05, 4.69) is 123 Å². The molecular weight excluding hydrogens is 755 g/mol. The number of nitrogens with one attached hydrogen (secondary N) is 1. The molecule has 0 aromatic heterocycles. The fourth-order valence-corrected chi connectivity index (χ4v) is 6.97. The van der Waals surface area contributed by atoms with Crippen LogP contribution in [0.25, 0.3) is 0 Å². The maximum absolute atomic E-state index is 13.2. The van der Waals surface area contributed by atoms with E-state index < -0.39 is 18.2 Å². The highest BCUT2D eigenvalue weighted by molar-refractivity contribution is 5.77. The Morgan fingerprint density at radius 2 is 0.967 bits per heavy atom. The Hall–Kier alpha value is -3.22. The third kappa shape index (κ3) is 43.2. The minimum absolute atomic E-state index is 0.0244. The van der Waals surface area contributed by atoms with E-state index in [0.717, 1.165) is 103 Å². The molecule has 0 heterocycles. The molecular formula is C55H93NO5. The zero-order valence-electron chi connectivity index (χ0n) is 39.5. The molecule has 0 aromatic carbocycles. The number of aliphatic hydroxyl groups is 2. The number of carbonyl (C=O) groups is 2. The standard InChI is InChI=1S/C55H93NO5/c1-4-7-10-13-16-19-22-24-26-27-28-29-31-33-36-39-42-45-48-55(60)61-51(46-43-40-37-34-32-30-25-23-20-17-14-11-8-5-2)49-54(59)56-52(50-57)53(58)47-44-41-38-35-21-18-15-12-9-6-3/h8,11,16-17,19-20,22,24-30,34,37,51-53,57-58H,4-7,9-10,12-15,18,21,23,31-33,35-36,38-50H2,1-3H3,(H,56,59)/b11-8+,19-16+,20-17+,24-22+,27-26+,29-28+,30-25+,37-34+. The minimum Gasteiger partial charge on any atom is -0.462 e. The third-order valence-corrected chi connectivity index (χ3v) is 10.7. The number of rotatable bonds is 43. The third-order valence-electron chi connectivity index (χ3n) is 10.7. The lowest BCUT2D eigenvalue weighted by atomic mass is 10.0. The fourth-order valence-electron chi connectivity index (χ4n) is 6.97. The molecule has 0 bridgehead atoms. The lowest BCUT2D eigenvalue weighted by molar-refractivity contribution is -0.151. The first-order chi connectivity index (χ1) is 30.0. The molecule has 0 rings (SSSR count). The van der Waals surface area contributed by atoms with Gasteiger partial charge in [0.25, 0.3) is 0 Å². The van der Waals surface area contributed by atoms with Gasteiger partial charge in [0.15, 0.2) is 0 Å². The van der Waals surface area contributed by atoms with Gasteiger partial charge in [-0.25, -0.2) is 0 Å². The van der Waals surface area contributed by atoms with E-state index >= 15 is 0 Å². The fraction of sp³-hybridized carbons (Fsp3) is 0.673. The maximum atomic E-state index is 13.2. The number of aliphatic hydroxyl groups excluding tert-OH is 2. The number of hydrogen-bond donors (Lipinski definition) is 3. The van der Waals surface area contributed by atoms with Crippen LogP contribution >= 0.6 is 0 Å². The summed E-state index contributed by atoms with van der Waals surface area (Å²) in [6.07, 6.45) is 63.2. The lowest BCUT2D eigenvalue weighted by Crippen LogP contribution is -2.46. The van der Waals surface area contributed by atoms with Crippen molar-refractivity contribution in [2.45, 2.75) is 232 Å². The molecule has 348 valence electrons. The van der Waals surface area contributed by atoms with Gasteiger partial charge in [0.1, 0.15) is 6.10 Å². The first-order valence-electron chi connectivity index (χ1n) is 25.0. The molecule has 0 radical (unpaired) electrons. The minimum atomic E-state index is -0.810. The van der Waals surface area contributed by atoms with Crippen LogP contribution in [0.4, 0.5) is 0 Å². The number of amides is 1. The topological polar surface area (TPSA) is 95.9 Å². The van der Waals surface area contributed by atoms with E-state index in [1.54, 1.807) is 0 Å². The number of esters is 1. The van der Waals surface area contributed by atoms with Crippen LogP contribution in [0, 0.1) is 0 Å². The van der Waals surface area contributed by atoms with Crippen molar-refractivity contribution in [3.05, 3.63) is 97.2 Å². The molecule has 0 saturated carbocycles. The summed E-state index contributed by atoms with van der Waals surface area (Å²) in [4.78, 5) is 26.1. The summed E-state index contributed by atoms with van der Waals surface area (Å²) in [6, 6.07) is -0.728. The second-order valence-electron chi connectivity index (χ2n) is 16.6. The molecule has 1 amide bonds. The number of hydrogen-bond acceptors (Lipinski definition) is 5. The Labute approximate surface area is 376 Å². The van der Waals surface area contributed by atoms with Crippen molar-refractivity contribution in [1.82, 2.24) is 5.32 Å². The summed E-state index contributed by atoms with van der Waals surface area (Å²) in [5.41, 5.74) is 0. The average molecular weight is 848 g/mol. The van der Waals surface area contributed by atoms with Crippen LogP contribution in [0.15, 0.2) is 97.2 Å². The van der Waals surface area contributed by atoms with Gasteiger partial charge in [0.05, 0.1) is 25.2 Å². The van der Waals surface area contributed by atoms with Gasteiger partial charge in [0.2, 0.25) is 5.91 Å². The highest BCUT2D eigenvalue weighted by Crippen LogP contribution is 2.16. The molecule has 6 nitrogen and oxygen atoms in total. The SMILES string of the molecule is CC/C=C/C/C=C/C/C=C/C/C=C/CCCC(CC(=O)NC(CO)C(O)CCCCCCCCCCCC)OC(=O)CCCCCCC/C=C/C=C/C=C/C=C/CCCCC. The quantitative estimate of drug-likeness (QED) is 0.0246. The highest BCUT2D eigenvalue weighted by atomic mass is 16.5. The molecule has 3 atom stereocenters. The number of unbranched alkanes of at least 4 members (excludes halogenated alkanes) is 18. The van der Waals surface area contributed by atoms with Gasteiger partial charge < -0.3 is 20.3 Å². The van der Waals surface area contributed by atoms with Crippen LogP contribution < -0.4 is 5.32 Å². The van der Waals surface area contributed by atoms with Crippen LogP contribution in [0.1, 0.15) is 213 Å². The van der Waals surface area contributed by atoms with Crippen LogP contribution in [-0.4, -0.2) is 46.9 Å². The number of allylic oxidation sites excluding steroid dienone is 16. The summed E-state index contributed by atoms with van der Waals surface area (Å²) in [7, 11) is 0. The summed E-state index contributed by atoms with van der Waals surface area (Å²) >= 11 is 0. The maximum Gasteiger partial charge on any atom is 0.306 e. The van der Waals surface area contributed by atoms with Crippen molar-refractivity contribution in [2.24, 2.45) is 0 Å². The van der Waals surface area contributed by atoms with Gasteiger partial charge >= 0.3 is 5.97 Å². The summed E-state index contributed by atoms with van der Waals surface area (Å²) < 4.78 is 5.89. The number of carbonyl (C=O) groups excluding carboxylic acids is 2. The molecule has 61 heavy (non-hydrogen) atoms. The van der Waals surface area contributed by atoms with E-state index in [1.165, 1.54) is 64.2 Å². The monoisotopic (exact) mass is 848 g/mol. The van der Waals surface area contributed by atoms with E-state index in [0.29, 0.717) is 19.3 Å². The normalized spacial score (nSPS) is 14.1. The zero-order valence-corrected chi connectivity index (χ0v) is 39.5. The van der Waals surface area contributed by atoms with Crippen molar-refractivity contribution in [1.29, 1.82) is 0 Å². The molecule has 3 unspecified atom stereocenters. The lowest BCUT2D eigenvalue weighted by Gasteiger charge is -2.24. The molecule has 0 fully saturated rings. The second-order valence-corrected chi connectivity index (χ2v) is 16.6. The van der Waals surface area contributed by atoms with Crippen LogP contribution in [0.3, 0.4) is 0 Å². The summed E-state index contributed by atoms with van der Waals surface area (Å²) in [6.45, 7) is 6.28. The van der Waals surface area contributed by atoms with Gasteiger partial charge in [-0.05, 0) is 83.5 Å². The number of ether oxygens (including phenoxy) is 1. The van der Waals surface area contributed by atoms with Crippen LogP contribution in [0.2, 0.25) is 0 Å². The van der Waals surface area contributed by atoms with Crippen molar-refractivity contribution < 1.29 is 24.5 Å². The summed E-state index contributed by atoms with van der Waals surface area (Å²) in [5.74, 6) is -0.564. The van der Waals surface area contributed by atoms with Gasteiger partial charge in [-0.15, -0.1) is 0 Å². The molecule has 3 N–H and O–H groups in total. The van der Waals surface area contributed by atoms with Crippen molar-refractivity contribution in [3.8, 4) is 0 Å². The van der Waals surface area contributed by atoms with Crippen molar-refractivity contribution in [2.75, 3.05) is 6.61 Å². The largest absolute Gasteiger partial charge is 0.462 e. The zero-order chi connectivity index (χ0) is 44.5. The predicted octanol–water partition coefficient (Wildman–Crippen LogP) is 14.9. The molecule has 0 aromatic rings. The van der Waals surface area contributed by atoms with Crippen molar-refractivity contribution >= 4 is 11.9 Å². The Balaban J connectivity index is 4.73. The van der Waals surface area contributed by atoms with Crippen molar-refractivity contribution in [3.63, 3.8) is 0 Å². The molecule has 0 spiro atoms. The van der Waals surface area contributed by atoms with E-state index in [4.69, 9.17) is 4.74 Å². The van der Waals surface area contributed by atoms with Gasteiger partial charge in [0, 0.05) is 6.42 Å².